The van der Waals surface area contributed by atoms with Crippen LogP contribution in [0.1, 0.15) is 0 Å². The van der Waals surface area contributed by atoms with E-state index >= 15 is 0 Å². The van der Waals surface area contributed by atoms with Crippen LogP contribution < -0.4 is 0 Å². The van der Waals surface area contributed by atoms with Gasteiger partial charge in [0.1, 0.15) is 5.82 Å². The highest BCUT2D eigenvalue weighted by Crippen LogP contribution is 2.22. The number of benzene rings is 1. The summed E-state index contributed by atoms with van der Waals surface area (Å²) in [5, 5.41) is 1.78. The minimum absolute atomic E-state index is 0.178. The van der Waals surface area contributed by atoms with E-state index in [-0.39, 0.29) is 5.82 Å². The van der Waals surface area contributed by atoms with Gasteiger partial charge in [-0.3, -0.25) is 0 Å². The van der Waals surface area contributed by atoms with Gasteiger partial charge in [-0.1, -0.05) is 39.8 Å². The van der Waals surface area contributed by atoms with E-state index in [9.17, 15) is 4.39 Å². The standard InChI is InChI=1S/C8H6BrFS/c9-5-6-11-8-4-2-1-3-7(8)10/h1-6H. The van der Waals surface area contributed by atoms with Crippen LogP contribution in [0.3, 0.4) is 0 Å². The highest BCUT2D eigenvalue weighted by molar-refractivity contribution is 9.11. The molecule has 0 fully saturated rings. The average molecular weight is 233 g/mol. The second-order valence-corrected chi connectivity index (χ2v) is 3.29. The first kappa shape index (κ1) is 8.81. The molecule has 58 valence electrons. The van der Waals surface area contributed by atoms with Crippen molar-refractivity contribution in [1.29, 1.82) is 0 Å². The molecule has 0 N–H and O–H groups in total. The number of thioether (sulfide) groups is 1. The van der Waals surface area contributed by atoms with Crippen molar-refractivity contribution >= 4 is 27.7 Å². The molecule has 11 heavy (non-hydrogen) atoms. The van der Waals surface area contributed by atoms with Gasteiger partial charge in [-0.15, -0.1) is 0 Å². The Morgan fingerprint density at radius 2 is 2.09 bits per heavy atom. The molecule has 0 radical (unpaired) electrons. The Bertz CT molecular complexity index is 260. The highest BCUT2D eigenvalue weighted by Gasteiger charge is 1.96. The molecule has 0 aliphatic carbocycles. The molecule has 0 spiro atoms. The fourth-order valence-electron chi connectivity index (χ4n) is 0.639. The molecule has 1 aromatic rings. The Morgan fingerprint density at radius 1 is 1.36 bits per heavy atom. The van der Waals surface area contributed by atoms with Crippen LogP contribution >= 0.6 is 27.7 Å². The maximum atomic E-state index is 12.8. The Kier molecular flexibility index (Phi) is 3.66. The van der Waals surface area contributed by atoms with E-state index in [0.717, 1.165) is 0 Å². The first-order valence-electron chi connectivity index (χ1n) is 3.01. The van der Waals surface area contributed by atoms with Crippen LogP contribution in [0.5, 0.6) is 0 Å². The summed E-state index contributed by atoms with van der Waals surface area (Å²) >= 11 is 4.45. The van der Waals surface area contributed by atoms with Crippen LogP contribution in [0, 0.1) is 5.82 Å². The van der Waals surface area contributed by atoms with Crippen LogP contribution in [0.4, 0.5) is 4.39 Å². The molecular weight excluding hydrogens is 227 g/mol. The molecule has 0 aliphatic rings. The van der Waals surface area contributed by atoms with Crippen molar-refractivity contribution in [1.82, 2.24) is 0 Å². The first-order valence-corrected chi connectivity index (χ1v) is 4.80. The summed E-state index contributed by atoms with van der Waals surface area (Å²) in [6.07, 6.45) is 0. The Balaban J connectivity index is 2.77. The van der Waals surface area contributed by atoms with Crippen molar-refractivity contribution < 1.29 is 4.39 Å². The number of halogens is 2. The maximum Gasteiger partial charge on any atom is 0.137 e. The Labute approximate surface area is 77.6 Å². The monoisotopic (exact) mass is 232 g/mol. The molecule has 0 amide bonds. The van der Waals surface area contributed by atoms with Crippen molar-refractivity contribution in [2.45, 2.75) is 4.90 Å². The lowest BCUT2D eigenvalue weighted by Gasteiger charge is -1.95. The van der Waals surface area contributed by atoms with E-state index in [0.29, 0.717) is 4.90 Å². The SMILES string of the molecule is Fc1ccccc1SC=CBr. The summed E-state index contributed by atoms with van der Waals surface area (Å²) in [4.78, 5) is 2.34. The molecule has 0 atom stereocenters. The Morgan fingerprint density at radius 3 is 2.73 bits per heavy atom. The fraction of sp³-hybridized carbons (Fsp3) is 0. The third-order valence-corrected chi connectivity index (χ3v) is 2.55. The summed E-state index contributed by atoms with van der Waals surface area (Å²) in [7, 11) is 0. The van der Waals surface area contributed by atoms with E-state index in [1.54, 1.807) is 22.5 Å². The molecule has 1 rings (SSSR count). The van der Waals surface area contributed by atoms with Gasteiger partial charge in [-0.2, -0.15) is 0 Å². The summed E-state index contributed by atoms with van der Waals surface area (Å²) < 4.78 is 12.8. The van der Waals surface area contributed by atoms with E-state index < -0.39 is 0 Å². The van der Waals surface area contributed by atoms with Crippen molar-refractivity contribution in [3.05, 3.63) is 40.5 Å². The van der Waals surface area contributed by atoms with E-state index in [1.165, 1.54) is 17.8 Å². The lowest BCUT2D eigenvalue weighted by molar-refractivity contribution is 0.602. The van der Waals surface area contributed by atoms with Crippen molar-refractivity contribution in [2.75, 3.05) is 0 Å². The third kappa shape index (κ3) is 2.67. The Hall–Kier alpha value is -0.280. The molecule has 3 heteroatoms. The minimum atomic E-state index is -0.178. The molecule has 0 aromatic heterocycles. The zero-order valence-corrected chi connectivity index (χ0v) is 8.03. The van der Waals surface area contributed by atoms with Gasteiger partial charge < -0.3 is 0 Å². The largest absolute Gasteiger partial charge is 0.206 e. The molecule has 0 heterocycles. The van der Waals surface area contributed by atoms with Crippen LogP contribution in [0.15, 0.2) is 39.6 Å². The number of hydrogen-bond acceptors (Lipinski definition) is 1. The van der Waals surface area contributed by atoms with Gasteiger partial charge in [0.15, 0.2) is 0 Å². The van der Waals surface area contributed by atoms with Crippen molar-refractivity contribution in [3.8, 4) is 0 Å². The zero-order valence-electron chi connectivity index (χ0n) is 5.63. The van der Waals surface area contributed by atoms with Crippen LogP contribution in [0.2, 0.25) is 0 Å². The van der Waals surface area contributed by atoms with Gasteiger partial charge in [0.25, 0.3) is 0 Å². The van der Waals surface area contributed by atoms with Crippen molar-refractivity contribution in [3.63, 3.8) is 0 Å². The van der Waals surface area contributed by atoms with Crippen LogP contribution in [-0.2, 0) is 0 Å². The molecule has 1 aromatic carbocycles. The smallest absolute Gasteiger partial charge is 0.137 e. The summed E-state index contributed by atoms with van der Waals surface area (Å²) in [5.41, 5.74) is 0. The minimum Gasteiger partial charge on any atom is -0.206 e. The molecular formula is C8H6BrFS. The third-order valence-electron chi connectivity index (χ3n) is 1.08. The van der Waals surface area contributed by atoms with Gasteiger partial charge in [-0.05, 0) is 22.5 Å². The summed E-state index contributed by atoms with van der Waals surface area (Å²) in [6.45, 7) is 0. The maximum absolute atomic E-state index is 12.8. The van der Waals surface area contributed by atoms with Gasteiger partial charge in [0, 0.05) is 4.90 Å². The first-order chi connectivity index (χ1) is 5.34. The topological polar surface area (TPSA) is 0 Å². The molecule has 0 saturated carbocycles. The van der Waals surface area contributed by atoms with Crippen molar-refractivity contribution in [2.24, 2.45) is 0 Å². The lowest BCUT2D eigenvalue weighted by Crippen LogP contribution is -1.75. The lowest BCUT2D eigenvalue weighted by atomic mass is 10.4. The van der Waals surface area contributed by atoms with Gasteiger partial charge >= 0.3 is 0 Å². The zero-order chi connectivity index (χ0) is 8.10. The van der Waals surface area contributed by atoms with Gasteiger partial charge in [0.05, 0.1) is 0 Å². The fourth-order valence-corrected chi connectivity index (χ4v) is 1.50. The molecule has 0 unspecified atom stereocenters. The van der Waals surface area contributed by atoms with Crippen LogP contribution in [-0.4, -0.2) is 0 Å². The van der Waals surface area contributed by atoms with E-state index in [2.05, 4.69) is 15.9 Å². The molecule has 0 bridgehead atoms. The number of rotatable bonds is 2. The molecule has 0 aliphatic heterocycles. The predicted octanol–water partition coefficient (Wildman–Crippen LogP) is 3.78. The van der Waals surface area contributed by atoms with Crippen LogP contribution in [0.25, 0.3) is 0 Å². The average Bonchev–Trinajstić information content (AvgIpc) is 2.03. The second kappa shape index (κ2) is 4.57. The number of hydrogen-bond donors (Lipinski definition) is 0. The van der Waals surface area contributed by atoms with Gasteiger partial charge in [0.2, 0.25) is 0 Å². The second-order valence-electron chi connectivity index (χ2n) is 1.81. The van der Waals surface area contributed by atoms with Gasteiger partial charge in [-0.25, -0.2) is 4.39 Å². The summed E-state index contributed by atoms with van der Waals surface area (Å²) in [6, 6.07) is 6.68. The quantitative estimate of drug-likeness (QED) is 0.700. The predicted molar refractivity (Wildman–Crippen MR) is 50.3 cm³/mol. The highest BCUT2D eigenvalue weighted by atomic mass is 79.9. The summed E-state index contributed by atoms with van der Waals surface area (Å²) in [5.74, 6) is -0.178. The van der Waals surface area contributed by atoms with E-state index in [1.807, 2.05) is 6.07 Å². The molecule has 0 nitrogen and oxygen atoms in total. The normalized spacial score (nSPS) is 10.7. The molecule has 0 saturated heterocycles. The van der Waals surface area contributed by atoms with E-state index in [4.69, 9.17) is 0 Å².